The van der Waals surface area contributed by atoms with Crippen molar-refractivity contribution in [3.63, 3.8) is 0 Å². The topological polar surface area (TPSA) is 101 Å². The van der Waals surface area contributed by atoms with Crippen LogP contribution in [0.25, 0.3) is 0 Å². The quantitative estimate of drug-likeness (QED) is 0.481. The normalized spacial score (nSPS) is 15.3. The van der Waals surface area contributed by atoms with Gasteiger partial charge >= 0.3 is 6.09 Å². The number of halogens is 2. The molecule has 4 rings (SSSR count). The van der Waals surface area contributed by atoms with Crippen LogP contribution in [0.3, 0.4) is 0 Å². The van der Waals surface area contributed by atoms with E-state index in [4.69, 9.17) is 21.1 Å². The van der Waals surface area contributed by atoms with Gasteiger partial charge in [-0.2, -0.15) is 4.98 Å². The third-order valence-corrected chi connectivity index (χ3v) is 6.35. The van der Waals surface area contributed by atoms with Crippen molar-refractivity contribution < 1.29 is 23.5 Å². The molecule has 0 unspecified atom stereocenters. The smallest absolute Gasteiger partial charge is 0.410 e. The Hall–Kier alpha value is -3.47. The van der Waals surface area contributed by atoms with Gasteiger partial charge in [-0.1, -0.05) is 0 Å². The van der Waals surface area contributed by atoms with Gasteiger partial charge in [-0.25, -0.2) is 9.18 Å². The van der Waals surface area contributed by atoms with Crippen molar-refractivity contribution in [2.45, 2.75) is 53.2 Å². The van der Waals surface area contributed by atoms with Gasteiger partial charge in [-0.15, -0.1) is 10.2 Å². The Kier molecular flexibility index (Phi) is 7.78. The Morgan fingerprint density at radius 2 is 1.79 bits per heavy atom. The van der Waals surface area contributed by atoms with Crippen LogP contribution >= 0.6 is 11.6 Å². The van der Waals surface area contributed by atoms with Crippen LogP contribution in [0.15, 0.2) is 29.3 Å². The minimum atomic E-state index is -0.574. The number of hydrogen-bond donors (Lipinski definition) is 0. The van der Waals surface area contributed by atoms with Crippen LogP contribution in [0.1, 0.15) is 51.9 Å². The van der Waals surface area contributed by atoms with Gasteiger partial charge < -0.3 is 24.2 Å². The highest BCUT2D eigenvalue weighted by Gasteiger charge is 2.36. The Bertz CT molecular complexity index is 1260. The van der Waals surface area contributed by atoms with Crippen molar-refractivity contribution in [3.8, 4) is 11.6 Å². The summed E-state index contributed by atoms with van der Waals surface area (Å²) in [5, 5.41) is 7.84. The molecular weight excluding hydrogens is 515 g/mol. The fourth-order valence-electron chi connectivity index (χ4n) is 4.51. The van der Waals surface area contributed by atoms with Gasteiger partial charge in [-0.3, -0.25) is 4.79 Å². The first-order chi connectivity index (χ1) is 17.9. The summed E-state index contributed by atoms with van der Waals surface area (Å²) in [7, 11) is 0. The Balaban J connectivity index is 1.55. The number of aromatic nitrogens is 3. The number of carbonyl (C=O) groups excluding carboxylic acids is 2. The fourth-order valence-corrected chi connectivity index (χ4v) is 4.63. The monoisotopic (exact) mass is 546 g/mol. The fraction of sp³-hybridized carbons (Fsp3) is 0.500. The average molecular weight is 547 g/mol. The molecule has 0 radical (unpaired) electrons. The number of rotatable bonds is 6. The number of nitrogens with zero attached hydrogens (tertiary/aromatic N) is 6. The van der Waals surface area contributed by atoms with Crippen LogP contribution in [-0.2, 0) is 4.74 Å². The number of anilines is 1. The molecule has 2 amide bonds. The molecule has 2 aliphatic heterocycles. The van der Waals surface area contributed by atoms with E-state index in [1.54, 1.807) is 9.80 Å². The first kappa shape index (κ1) is 27.6. The zero-order chi connectivity index (χ0) is 27.8. The Morgan fingerprint density at radius 1 is 1.13 bits per heavy atom. The van der Waals surface area contributed by atoms with Gasteiger partial charge in [-0.05, 0) is 82.5 Å². The molecule has 1 aromatic heterocycles. The molecule has 12 heteroatoms. The summed E-state index contributed by atoms with van der Waals surface area (Å²) in [6.07, 6.45) is -0.356. The molecule has 0 aliphatic carbocycles. The molecule has 0 bridgehead atoms. The maximum absolute atomic E-state index is 14.2. The summed E-state index contributed by atoms with van der Waals surface area (Å²) in [5.74, 6) is -0.422. The lowest BCUT2D eigenvalue weighted by Gasteiger charge is -2.27. The highest BCUT2D eigenvalue weighted by molar-refractivity contribution is 6.28. The molecule has 204 valence electrons. The van der Waals surface area contributed by atoms with Crippen LogP contribution in [0.5, 0.6) is 11.6 Å². The van der Waals surface area contributed by atoms with Gasteiger partial charge in [0.1, 0.15) is 17.2 Å². The summed E-state index contributed by atoms with van der Waals surface area (Å²) in [6.45, 7) is 13.4. The van der Waals surface area contributed by atoms with Gasteiger partial charge in [0, 0.05) is 38.8 Å². The molecule has 0 fully saturated rings. The molecule has 38 heavy (non-hydrogen) atoms. The van der Waals surface area contributed by atoms with E-state index in [1.807, 2.05) is 46.4 Å². The number of ether oxygens (including phenoxy) is 2. The predicted octanol–water partition coefficient (Wildman–Crippen LogP) is 4.69. The molecule has 1 aromatic carbocycles. The first-order valence-electron chi connectivity index (χ1n) is 12.5. The second kappa shape index (κ2) is 10.7. The maximum atomic E-state index is 14.2. The van der Waals surface area contributed by atoms with E-state index in [0.29, 0.717) is 38.5 Å². The van der Waals surface area contributed by atoms with Crippen molar-refractivity contribution >= 4 is 29.4 Å². The van der Waals surface area contributed by atoms with E-state index in [1.165, 1.54) is 12.1 Å². The molecule has 0 spiro atoms. The van der Waals surface area contributed by atoms with E-state index in [-0.39, 0.29) is 40.5 Å². The van der Waals surface area contributed by atoms with E-state index in [2.05, 4.69) is 15.2 Å². The predicted molar refractivity (Wildman–Crippen MR) is 140 cm³/mol. The van der Waals surface area contributed by atoms with Gasteiger partial charge in [0.2, 0.25) is 5.28 Å². The highest BCUT2D eigenvalue weighted by Crippen LogP contribution is 2.36. The minimum Gasteiger partial charge on any atom is -0.444 e. The maximum Gasteiger partial charge on any atom is 0.410 e. The van der Waals surface area contributed by atoms with Crippen molar-refractivity contribution in [1.82, 2.24) is 25.0 Å². The lowest BCUT2D eigenvalue weighted by Crippen LogP contribution is -2.38. The van der Waals surface area contributed by atoms with Crippen LogP contribution in [0.4, 0.5) is 15.0 Å². The molecule has 3 heterocycles. The zero-order valence-corrected chi connectivity index (χ0v) is 23.2. The molecule has 0 saturated heterocycles. The van der Waals surface area contributed by atoms with Crippen LogP contribution in [0, 0.1) is 5.82 Å². The molecular formula is C26H32ClFN6O4. The van der Waals surface area contributed by atoms with Crippen molar-refractivity contribution in [3.05, 3.63) is 46.0 Å². The summed E-state index contributed by atoms with van der Waals surface area (Å²) in [4.78, 5) is 35.3. The highest BCUT2D eigenvalue weighted by atomic mass is 35.5. The summed E-state index contributed by atoms with van der Waals surface area (Å²) in [6, 6.07) is 3.66. The van der Waals surface area contributed by atoms with Crippen LogP contribution in [-0.4, -0.2) is 81.3 Å². The zero-order valence-electron chi connectivity index (χ0n) is 22.4. The van der Waals surface area contributed by atoms with Crippen molar-refractivity contribution in [2.75, 3.05) is 37.6 Å². The molecule has 10 nitrogen and oxygen atoms in total. The van der Waals surface area contributed by atoms with Crippen molar-refractivity contribution in [1.29, 1.82) is 0 Å². The van der Waals surface area contributed by atoms with Crippen molar-refractivity contribution in [2.24, 2.45) is 0 Å². The number of benzene rings is 1. The number of amides is 2. The Labute approximate surface area is 226 Å². The lowest BCUT2D eigenvalue weighted by molar-refractivity contribution is 0.0297. The number of hydrogen-bond acceptors (Lipinski definition) is 8. The molecule has 0 saturated carbocycles. The first-order valence-corrected chi connectivity index (χ1v) is 12.8. The molecule has 2 aliphatic rings. The van der Waals surface area contributed by atoms with Gasteiger partial charge in [0.15, 0.2) is 5.82 Å². The lowest BCUT2D eigenvalue weighted by atomic mass is 10.1. The Morgan fingerprint density at radius 3 is 2.37 bits per heavy atom. The molecule has 2 aromatic rings. The van der Waals surface area contributed by atoms with E-state index in [0.717, 1.165) is 17.2 Å². The largest absolute Gasteiger partial charge is 0.444 e. The second-order valence-electron chi connectivity index (χ2n) is 10.5. The summed E-state index contributed by atoms with van der Waals surface area (Å²) < 4.78 is 25.7. The summed E-state index contributed by atoms with van der Waals surface area (Å²) in [5.41, 5.74) is 1.64. The van der Waals surface area contributed by atoms with Crippen LogP contribution < -0.4 is 9.64 Å². The third-order valence-electron chi connectivity index (χ3n) is 6.19. The van der Waals surface area contributed by atoms with Gasteiger partial charge in [0.25, 0.3) is 11.8 Å². The SMILES string of the molecule is CCN(C(=O)c1cc(F)ccc1Oc1nnc(Cl)nc1N1CC2=C(CN(C(=O)OC(C)(C)C)C2)C1)C(C)C. The summed E-state index contributed by atoms with van der Waals surface area (Å²) >= 11 is 6.08. The molecule has 0 atom stereocenters. The molecule has 0 N–H and O–H groups in total. The second-order valence-corrected chi connectivity index (χ2v) is 10.9. The average Bonchev–Trinajstić information content (AvgIpc) is 3.40. The minimum absolute atomic E-state index is 0.0350. The van der Waals surface area contributed by atoms with E-state index in [9.17, 15) is 14.0 Å². The number of carbonyl (C=O) groups is 2. The standard InChI is InChI=1S/C26H32ClFN6O4/c1-7-34(15(2)3)23(35)19-10-18(28)8-9-20(19)37-22-21(29-24(27)31-30-22)32-11-16-13-33(14-17(16)12-32)25(36)38-26(4,5)6/h8-10,15H,7,11-14H2,1-6H3. The van der Waals surface area contributed by atoms with E-state index >= 15 is 0 Å². The third kappa shape index (κ3) is 5.98. The van der Waals surface area contributed by atoms with Crippen LogP contribution in [0.2, 0.25) is 5.28 Å². The van der Waals surface area contributed by atoms with Gasteiger partial charge in [0.05, 0.1) is 5.56 Å². The van der Waals surface area contributed by atoms with E-state index < -0.39 is 11.4 Å².